The summed E-state index contributed by atoms with van der Waals surface area (Å²) in [6, 6.07) is 5.17. The zero-order valence-electron chi connectivity index (χ0n) is 9.31. The predicted molar refractivity (Wildman–Crippen MR) is 67.1 cm³/mol. The highest BCUT2D eigenvalue weighted by atomic mass is 79.9. The lowest BCUT2D eigenvalue weighted by atomic mass is 10.1. The molecule has 1 aliphatic rings. The third kappa shape index (κ3) is 2.00. The molecule has 1 heterocycles. The van der Waals surface area contributed by atoms with Crippen LogP contribution in [0, 0.1) is 5.92 Å². The molecule has 5 heteroatoms. The van der Waals surface area contributed by atoms with Crippen LogP contribution in [0.25, 0.3) is 0 Å². The number of Topliss-reactive ketones (excluding diaryl/α,β-unsaturated/α-hetero) is 1. The fourth-order valence-corrected chi connectivity index (χ4v) is 2.44. The SMILES string of the molecule is CC(CO)CN1C(=O)C(=O)c2cccc(Br)c21. The monoisotopic (exact) mass is 297 g/mol. The van der Waals surface area contributed by atoms with Gasteiger partial charge in [-0.3, -0.25) is 9.59 Å². The number of carbonyl (C=O) groups is 2. The number of hydrogen-bond donors (Lipinski definition) is 1. The molecular formula is C12H12BrNO3. The van der Waals surface area contributed by atoms with Crippen molar-refractivity contribution in [2.45, 2.75) is 6.92 Å². The normalized spacial score (nSPS) is 16.3. The van der Waals surface area contributed by atoms with Gasteiger partial charge in [-0.15, -0.1) is 0 Å². The lowest BCUT2D eigenvalue weighted by Gasteiger charge is -2.20. The molecule has 0 aromatic heterocycles. The Morgan fingerprint density at radius 3 is 2.76 bits per heavy atom. The molecule has 0 fully saturated rings. The average molecular weight is 298 g/mol. The highest BCUT2D eigenvalue weighted by molar-refractivity contribution is 9.10. The number of hydrogen-bond acceptors (Lipinski definition) is 3. The number of halogens is 1. The Bertz CT molecular complexity index is 487. The molecule has 1 amide bonds. The summed E-state index contributed by atoms with van der Waals surface area (Å²) in [4.78, 5) is 25.0. The lowest BCUT2D eigenvalue weighted by molar-refractivity contribution is -0.114. The first-order valence-corrected chi connectivity index (χ1v) is 6.11. The number of carbonyl (C=O) groups excluding carboxylic acids is 2. The van der Waals surface area contributed by atoms with Crippen LogP contribution in [0.1, 0.15) is 17.3 Å². The number of para-hydroxylation sites is 1. The Morgan fingerprint density at radius 1 is 1.41 bits per heavy atom. The van der Waals surface area contributed by atoms with E-state index in [1.54, 1.807) is 18.2 Å². The Labute approximate surface area is 107 Å². The van der Waals surface area contributed by atoms with Crippen LogP contribution < -0.4 is 4.90 Å². The molecule has 0 bridgehead atoms. The number of nitrogens with zero attached hydrogens (tertiary/aromatic N) is 1. The quantitative estimate of drug-likeness (QED) is 0.863. The van der Waals surface area contributed by atoms with Gasteiger partial charge < -0.3 is 10.0 Å². The topological polar surface area (TPSA) is 57.6 Å². The van der Waals surface area contributed by atoms with Crippen LogP contribution in [-0.2, 0) is 4.79 Å². The number of anilines is 1. The second-order valence-corrected chi connectivity index (χ2v) is 5.02. The summed E-state index contributed by atoms with van der Waals surface area (Å²) in [6.07, 6.45) is 0. The van der Waals surface area contributed by atoms with Crippen LogP contribution in [0.2, 0.25) is 0 Å². The van der Waals surface area contributed by atoms with E-state index in [-0.39, 0.29) is 12.5 Å². The molecule has 0 aliphatic carbocycles. The second-order valence-electron chi connectivity index (χ2n) is 4.17. The van der Waals surface area contributed by atoms with Gasteiger partial charge in [0.2, 0.25) is 0 Å². The summed E-state index contributed by atoms with van der Waals surface area (Å²) in [5, 5.41) is 9.03. The van der Waals surface area contributed by atoms with E-state index in [0.29, 0.717) is 17.8 Å². The molecular weight excluding hydrogens is 286 g/mol. The molecule has 1 unspecified atom stereocenters. The summed E-state index contributed by atoms with van der Waals surface area (Å²) >= 11 is 3.35. The minimum absolute atomic E-state index is 0.0161. The molecule has 0 radical (unpaired) electrons. The van der Waals surface area contributed by atoms with Crippen molar-refractivity contribution in [1.29, 1.82) is 0 Å². The van der Waals surface area contributed by atoms with Gasteiger partial charge in [0.15, 0.2) is 0 Å². The zero-order chi connectivity index (χ0) is 12.6. The van der Waals surface area contributed by atoms with E-state index in [1.165, 1.54) is 4.90 Å². The summed E-state index contributed by atoms with van der Waals surface area (Å²) in [5.74, 6) is -1.07. The molecule has 1 atom stereocenters. The highest BCUT2D eigenvalue weighted by Crippen LogP contribution is 2.36. The molecule has 1 N–H and O–H groups in total. The third-order valence-corrected chi connectivity index (χ3v) is 3.39. The highest BCUT2D eigenvalue weighted by Gasteiger charge is 2.37. The maximum absolute atomic E-state index is 11.8. The standard InChI is InChI=1S/C12H12BrNO3/c1-7(6-15)5-14-10-8(11(16)12(14)17)3-2-4-9(10)13/h2-4,7,15H,5-6H2,1H3. The van der Waals surface area contributed by atoms with Crippen molar-refractivity contribution in [2.24, 2.45) is 5.92 Å². The van der Waals surface area contributed by atoms with Crippen molar-refractivity contribution < 1.29 is 14.7 Å². The molecule has 2 rings (SSSR count). The van der Waals surface area contributed by atoms with Crippen molar-refractivity contribution in [3.05, 3.63) is 28.2 Å². The zero-order valence-corrected chi connectivity index (χ0v) is 10.9. The van der Waals surface area contributed by atoms with Gasteiger partial charge >= 0.3 is 0 Å². The van der Waals surface area contributed by atoms with Crippen LogP contribution in [0.5, 0.6) is 0 Å². The minimum atomic E-state index is -0.521. The first-order valence-electron chi connectivity index (χ1n) is 5.31. The third-order valence-electron chi connectivity index (χ3n) is 2.75. The summed E-state index contributed by atoms with van der Waals surface area (Å²) in [6.45, 7) is 2.15. The summed E-state index contributed by atoms with van der Waals surface area (Å²) < 4.78 is 0.722. The maximum Gasteiger partial charge on any atom is 0.299 e. The molecule has 0 saturated carbocycles. The maximum atomic E-state index is 11.8. The fraction of sp³-hybridized carbons (Fsp3) is 0.333. The number of ketones is 1. The number of amides is 1. The molecule has 17 heavy (non-hydrogen) atoms. The van der Waals surface area contributed by atoms with E-state index in [9.17, 15) is 9.59 Å². The van der Waals surface area contributed by atoms with Crippen molar-refractivity contribution in [1.82, 2.24) is 0 Å². The fourth-order valence-electron chi connectivity index (χ4n) is 1.86. The number of fused-ring (bicyclic) bond motifs is 1. The van der Waals surface area contributed by atoms with Gasteiger partial charge in [0.05, 0.1) is 11.3 Å². The molecule has 1 aromatic rings. The van der Waals surface area contributed by atoms with Crippen molar-refractivity contribution >= 4 is 33.3 Å². The van der Waals surface area contributed by atoms with Crippen LogP contribution >= 0.6 is 15.9 Å². The van der Waals surface area contributed by atoms with Gasteiger partial charge in [-0.05, 0) is 34.0 Å². The van der Waals surface area contributed by atoms with E-state index < -0.39 is 11.7 Å². The van der Waals surface area contributed by atoms with Gasteiger partial charge in [-0.1, -0.05) is 13.0 Å². The van der Waals surface area contributed by atoms with E-state index in [0.717, 1.165) is 4.47 Å². The average Bonchev–Trinajstić information content (AvgIpc) is 2.56. The van der Waals surface area contributed by atoms with Crippen LogP contribution in [-0.4, -0.2) is 29.9 Å². The Kier molecular flexibility index (Phi) is 3.31. The molecule has 0 spiro atoms. The summed E-state index contributed by atoms with van der Waals surface area (Å²) in [7, 11) is 0. The smallest absolute Gasteiger partial charge is 0.299 e. The van der Waals surface area contributed by atoms with Crippen molar-refractivity contribution in [3.8, 4) is 0 Å². The largest absolute Gasteiger partial charge is 0.396 e. The van der Waals surface area contributed by atoms with E-state index in [4.69, 9.17) is 5.11 Å². The van der Waals surface area contributed by atoms with E-state index >= 15 is 0 Å². The number of benzene rings is 1. The summed E-state index contributed by atoms with van der Waals surface area (Å²) in [5.41, 5.74) is 1.04. The van der Waals surface area contributed by atoms with Gasteiger partial charge in [0.1, 0.15) is 0 Å². The molecule has 90 valence electrons. The number of aliphatic hydroxyl groups is 1. The lowest BCUT2D eigenvalue weighted by Crippen LogP contribution is -2.34. The number of aliphatic hydroxyl groups excluding tert-OH is 1. The van der Waals surface area contributed by atoms with Crippen LogP contribution in [0.4, 0.5) is 5.69 Å². The number of rotatable bonds is 3. The van der Waals surface area contributed by atoms with Crippen molar-refractivity contribution in [2.75, 3.05) is 18.1 Å². The molecule has 0 saturated heterocycles. The Balaban J connectivity index is 2.43. The van der Waals surface area contributed by atoms with E-state index in [2.05, 4.69) is 15.9 Å². The molecule has 1 aliphatic heterocycles. The molecule has 4 nitrogen and oxygen atoms in total. The Morgan fingerprint density at radius 2 is 2.12 bits per heavy atom. The van der Waals surface area contributed by atoms with Gasteiger partial charge in [-0.25, -0.2) is 0 Å². The first kappa shape index (κ1) is 12.3. The van der Waals surface area contributed by atoms with Crippen LogP contribution in [0.15, 0.2) is 22.7 Å². The first-order chi connectivity index (χ1) is 8.06. The van der Waals surface area contributed by atoms with E-state index in [1.807, 2.05) is 6.92 Å². The molecule has 1 aromatic carbocycles. The van der Waals surface area contributed by atoms with Gasteiger partial charge in [0.25, 0.3) is 11.7 Å². The second kappa shape index (κ2) is 4.58. The van der Waals surface area contributed by atoms with Crippen molar-refractivity contribution in [3.63, 3.8) is 0 Å². The Hall–Kier alpha value is -1.20. The van der Waals surface area contributed by atoms with Gasteiger partial charge in [-0.2, -0.15) is 0 Å². The van der Waals surface area contributed by atoms with Gasteiger partial charge in [0, 0.05) is 17.6 Å². The van der Waals surface area contributed by atoms with Crippen LogP contribution in [0.3, 0.4) is 0 Å². The predicted octanol–water partition coefficient (Wildman–Crippen LogP) is 1.61. The minimum Gasteiger partial charge on any atom is -0.396 e.